The molecule has 1 fully saturated rings. The van der Waals surface area contributed by atoms with E-state index in [0.717, 1.165) is 24.4 Å². The van der Waals surface area contributed by atoms with Gasteiger partial charge in [-0.25, -0.2) is 0 Å². The fraction of sp³-hybridized carbons (Fsp3) is 0.435. The number of piperidine rings is 1. The van der Waals surface area contributed by atoms with E-state index in [2.05, 4.69) is 32.5 Å². The summed E-state index contributed by atoms with van der Waals surface area (Å²) in [4.78, 5) is 19.4. The predicted molar refractivity (Wildman–Crippen MR) is 120 cm³/mol. The maximum Gasteiger partial charge on any atom is 0.227 e. The molecule has 2 aromatic heterocycles. The SMILES string of the molecule is COc1ccc(C(CNC(=O)CCc2nc(-c3ccsc3)no2)N2CCCCC2)cc1. The number of likely N-dealkylation sites (tertiary alicyclic amines) is 1. The smallest absolute Gasteiger partial charge is 0.227 e. The lowest BCUT2D eigenvalue weighted by Gasteiger charge is -2.35. The highest BCUT2D eigenvalue weighted by Gasteiger charge is 2.23. The fourth-order valence-corrected chi connectivity index (χ4v) is 4.53. The third kappa shape index (κ3) is 5.71. The van der Waals surface area contributed by atoms with Crippen LogP contribution in [0, 0.1) is 0 Å². The van der Waals surface area contributed by atoms with E-state index in [1.165, 1.54) is 24.8 Å². The molecule has 8 heteroatoms. The van der Waals surface area contributed by atoms with Crippen LogP contribution in [0.25, 0.3) is 11.4 Å². The van der Waals surface area contributed by atoms with Crippen LogP contribution in [0.1, 0.15) is 43.2 Å². The van der Waals surface area contributed by atoms with Gasteiger partial charge in [-0.3, -0.25) is 9.69 Å². The largest absolute Gasteiger partial charge is 0.497 e. The van der Waals surface area contributed by atoms with Crippen molar-refractivity contribution in [1.29, 1.82) is 0 Å². The molecule has 4 rings (SSSR count). The number of carbonyl (C=O) groups excluding carboxylic acids is 1. The molecule has 0 spiro atoms. The molecule has 1 aliphatic rings. The number of methoxy groups -OCH3 is 1. The lowest BCUT2D eigenvalue weighted by atomic mass is 10.0. The second-order valence-corrected chi connectivity index (χ2v) is 8.49. The van der Waals surface area contributed by atoms with Gasteiger partial charge >= 0.3 is 0 Å². The predicted octanol–water partition coefficient (Wildman–Crippen LogP) is 4.08. The number of nitrogens with zero attached hydrogens (tertiary/aromatic N) is 3. The Hall–Kier alpha value is -2.71. The first-order chi connectivity index (χ1) is 15.2. The number of aromatic nitrogens is 2. The Labute approximate surface area is 186 Å². The number of hydrogen-bond acceptors (Lipinski definition) is 7. The standard InChI is InChI=1S/C23H28N4O3S/c1-29-19-7-5-17(6-8-19)20(27-12-3-2-4-13-27)15-24-21(28)9-10-22-25-23(26-30-22)18-11-14-31-16-18/h5-8,11,14,16,20H,2-4,9-10,12-13,15H2,1H3,(H,24,28). The van der Waals surface area contributed by atoms with Crippen LogP contribution >= 0.6 is 11.3 Å². The molecule has 0 saturated carbocycles. The molecular weight excluding hydrogens is 412 g/mol. The van der Waals surface area contributed by atoms with Crippen LogP contribution in [0.4, 0.5) is 0 Å². The second kappa shape index (κ2) is 10.5. The zero-order chi connectivity index (χ0) is 21.5. The minimum Gasteiger partial charge on any atom is -0.497 e. The summed E-state index contributed by atoms with van der Waals surface area (Å²) in [6, 6.07) is 10.3. The van der Waals surface area contributed by atoms with Crippen LogP contribution in [0.2, 0.25) is 0 Å². The van der Waals surface area contributed by atoms with Gasteiger partial charge in [-0.05, 0) is 55.1 Å². The number of carbonyl (C=O) groups is 1. The maximum absolute atomic E-state index is 12.5. The monoisotopic (exact) mass is 440 g/mol. The van der Waals surface area contributed by atoms with Gasteiger partial charge in [0, 0.05) is 30.3 Å². The minimum atomic E-state index is -0.00851. The van der Waals surface area contributed by atoms with Crippen LogP contribution in [0.3, 0.4) is 0 Å². The van der Waals surface area contributed by atoms with Gasteiger partial charge in [0.25, 0.3) is 0 Å². The normalized spacial score (nSPS) is 15.5. The number of aryl methyl sites for hydroxylation is 1. The van der Waals surface area contributed by atoms with Crippen molar-refractivity contribution < 1.29 is 14.1 Å². The zero-order valence-corrected chi connectivity index (χ0v) is 18.6. The first-order valence-corrected chi connectivity index (χ1v) is 11.7. The summed E-state index contributed by atoms with van der Waals surface area (Å²) in [5, 5.41) is 11.1. The van der Waals surface area contributed by atoms with Gasteiger partial charge in [-0.15, -0.1) is 0 Å². The van der Waals surface area contributed by atoms with Crippen molar-refractivity contribution in [2.45, 2.75) is 38.1 Å². The van der Waals surface area contributed by atoms with Crippen molar-refractivity contribution in [1.82, 2.24) is 20.4 Å². The Morgan fingerprint density at radius 1 is 1.23 bits per heavy atom. The fourth-order valence-electron chi connectivity index (χ4n) is 3.90. The molecule has 1 amide bonds. The molecule has 1 atom stereocenters. The Balaban J connectivity index is 1.33. The topological polar surface area (TPSA) is 80.5 Å². The summed E-state index contributed by atoms with van der Waals surface area (Å²) in [6.07, 6.45) is 4.42. The molecule has 7 nitrogen and oxygen atoms in total. The number of rotatable bonds is 9. The quantitative estimate of drug-likeness (QED) is 0.540. The molecule has 1 saturated heterocycles. The first kappa shape index (κ1) is 21.5. The number of amides is 1. The zero-order valence-electron chi connectivity index (χ0n) is 17.8. The molecule has 31 heavy (non-hydrogen) atoms. The number of thiophene rings is 1. The van der Waals surface area contributed by atoms with Crippen molar-refractivity contribution in [3.8, 4) is 17.1 Å². The van der Waals surface area contributed by atoms with Crippen LogP contribution in [-0.4, -0.2) is 47.7 Å². The summed E-state index contributed by atoms with van der Waals surface area (Å²) < 4.78 is 10.6. The van der Waals surface area contributed by atoms with Gasteiger partial charge < -0.3 is 14.6 Å². The van der Waals surface area contributed by atoms with E-state index in [1.54, 1.807) is 18.4 Å². The molecular formula is C23H28N4O3S. The van der Waals surface area contributed by atoms with Crippen LogP contribution < -0.4 is 10.1 Å². The summed E-state index contributed by atoms with van der Waals surface area (Å²) >= 11 is 1.59. The number of ether oxygens (including phenoxy) is 1. The van der Waals surface area contributed by atoms with Crippen molar-refractivity contribution in [3.05, 3.63) is 52.5 Å². The molecule has 164 valence electrons. The van der Waals surface area contributed by atoms with E-state index in [4.69, 9.17) is 9.26 Å². The van der Waals surface area contributed by atoms with E-state index in [-0.39, 0.29) is 11.9 Å². The van der Waals surface area contributed by atoms with Crippen molar-refractivity contribution in [2.75, 3.05) is 26.7 Å². The van der Waals surface area contributed by atoms with Crippen LogP contribution in [0.15, 0.2) is 45.6 Å². The van der Waals surface area contributed by atoms with Gasteiger partial charge in [-0.1, -0.05) is 23.7 Å². The molecule has 0 radical (unpaired) electrons. The summed E-state index contributed by atoms with van der Waals surface area (Å²) in [5.41, 5.74) is 2.13. The van der Waals surface area contributed by atoms with Gasteiger partial charge in [0.05, 0.1) is 13.2 Å². The molecule has 1 unspecified atom stereocenters. The Morgan fingerprint density at radius 3 is 2.74 bits per heavy atom. The van der Waals surface area contributed by atoms with E-state index in [1.807, 2.05) is 29.0 Å². The lowest BCUT2D eigenvalue weighted by Crippen LogP contribution is -2.40. The molecule has 1 aliphatic heterocycles. The van der Waals surface area contributed by atoms with Gasteiger partial charge in [-0.2, -0.15) is 16.3 Å². The van der Waals surface area contributed by atoms with Crippen LogP contribution in [0.5, 0.6) is 5.75 Å². The van der Waals surface area contributed by atoms with Gasteiger partial charge in [0.15, 0.2) is 0 Å². The lowest BCUT2D eigenvalue weighted by molar-refractivity contribution is -0.121. The minimum absolute atomic E-state index is 0.00851. The third-order valence-corrected chi connectivity index (χ3v) is 6.32. The Morgan fingerprint density at radius 2 is 2.03 bits per heavy atom. The second-order valence-electron chi connectivity index (χ2n) is 7.71. The van der Waals surface area contributed by atoms with Crippen molar-refractivity contribution >= 4 is 17.2 Å². The van der Waals surface area contributed by atoms with E-state index in [0.29, 0.717) is 31.1 Å². The van der Waals surface area contributed by atoms with Crippen molar-refractivity contribution in [2.24, 2.45) is 0 Å². The van der Waals surface area contributed by atoms with E-state index < -0.39 is 0 Å². The number of hydrogen-bond donors (Lipinski definition) is 1. The highest BCUT2D eigenvalue weighted by Crippen LogP contribution is 2.26. The molecule has 0 bridgehead atoms. The Kier molecular flexibility index (Phi) is 7.32. The number of nitrogens with one attached hydrogen (secondary N) is 1. The molecule has 1 aromatic carbocycles. The maximum atomic E-state index is 12.5. The average Bonchev–Trinajstić information content (AvgIpc) is 3.51. The van der Waals surface area contributed by atoms with Crippen LogP contribution in [-0.2, 0) is 11.2 Å². The van der Waals surface area contributed by atoms with Gasteiger partial charge in [0.2, 0.25) is 17.6 Å². The molecule has 1 N–H and O–H groups in total. The third-order valence-electron chi connectivity index (χ3n) is 5.64. The Bertz CT molecular complexity index is 950. The summed E-state index contributed by atoms with van der Waals surface area (Å²) in [5.74, 6) is 1.89. The highest BCUT2D eigenvalue weighted by molar-refractivity contribution is 7.08. The van der Waals surface area contributed by atoms with Crippen molar-refractivity contribution in [3.63, 3.8) is 0 Å². The summed E-state index contributed by atoms with van der Waals surface area (Å²) in [7, 11) is 1.67. The van der Waals surface area contributed by atoms with Gasteiger partial charge in [0.1, 0.15) is 5.75 Å². The van der Waals surface area contributed by atoms with E-state index >= 15 is 0 Å². The number of benzene rings is 1. The molecule has 3 heterocycles. The summed E-state index contributed by atoms with van der Waals surface area (Å²) in [6.45, 7) is 2.69. The first-order valence-electron chi connectivity index (χ1n) is 10.7. The molecule has 3 aromatic rings. The van der Waals surface area contributed by atoms with E-state index in [9.17, 15) is 4.79 Å². The highest BCUT2D eigenvalue weighted by atomic mass is 32.1. The average molecular weight is 441 g/mol. The molecule has 0 aliphatic carbocycles.